The average molecular weight is 237 g/mol. The third kappa shape index (κ3) is 3.51. The summed E-state index contributed by atoms with van der Waals surface area (Å²) < 4.78 is 5.69. The van der Waals surface area contributed by atoms with E-state index >= 15 is 0 Å². The lowest BCUT2D eigenvalue weighted by atomic mass is 10.2. The SMILES string of the molecule is O=C(O)CCc1ccc(N2CCCCCC2)o1. The van der Waals surface area contributed by atoms with Gasteiger partial charge in [0.05, 0.1) is 6.42 Å². The van der Waals surface area contributed by atoms with Crippen molar-refractivity contribution in [3.05, 3.63) is 17.9 Å². The predicted molar refractivity (Wildman–Crippen MR) is 65.3 cm³/mol. The summed E-state index contributed by atoms with van der Waals surface area (Å²) in [5.41, 5.74) is 0. The molecule has 4 heteroatoms. The molecule has 2 rings (SSSR count). The molecule has 2 heterocycles. The van der Waals surface area contributed by atoms with Gasteiger partial charge in [-0.1, -0.05) is 12.8 Å². The van der Waals surface area contributed by atoms with Crippen molar-refractivity contribution in [3.8, 4) is 0 Å². The van der Waals surface area contributed by atoms with E-state index in [2.05, 4.69) is 4.90 Å². The Morgan fingerprint density at radius 1 is 1.24 bits per heavy atom. The summed E-state index contributed by atoms with van der Waals surface area (Å²) in [5, 5.41) is 8.62. The Morgan fingerprint density at radius 3 is 2.59 bits per heavy atom. The molecule has 1 aromatic rings. The Labute approximate surface area is 101 Å². The summed E-state index contributed by atoms with van der Waals surface area (Å²) >= 11 is 0. The molecule has 4 nitrogen and oxygen atoms in total. The standard InChI is InChI=1S/C13H19NO3/c15-13(16)8-6-11-5-7-12(17-11)14-9-3-1-2-4-10-14/h5,7H,1-4,6,8-10H2,(H,15,16). The molecule has 94 valence electrons. The van der Waals surface area contributed by atoms with E-state index in [9.17, 15) is 4.79 Å². The maximum Gasteiger partial charge on any atom is 0.303 e. The lowest BCUT2D eigenvalue weighted by Crippen LogP contribution is -2.23. The first-order chi connectivity index (χ1) is 8.25. The van der Waals surface area contributed by atoms with Crippen LogP contribution in [0.1, 0.15) is 37.9 Å². The van der Waals surface area contributed by atoms with Crippen molar-refractivity contribution in [2.24, 2.45) is 0 Å². The van der Waals surface area contributed by atoms with Gasteiger partial charge in [-0.3, -0.25) is 4.79 Å². The monoisotopic (exact) mass is 237 g/mol. The first-order valence-electron chi connectivity index (χ1n) is 6.31. The number of nitrogens with zero attached hydrogens (tertiary/aromatic N) is 1. The van der Waals surface area contributed by atoms with E-state index in [1.54, 1.807) is 0 Å². The largest absolute Gasteiger partial charge is 0.481 e. The Kier molecular flexibility index (Phi) is 4.07. The zero-order valence-electron chi connectivity index (χ0n) is 10.0. The first kappa shape index (κ1) is 12.0. The van der Waals surface area contributed by atoms with E-state index in [0.717, 1.165) is 24.7 Å². The maximum atomic E-state index is 10.5. The fourth-order valence-electron chi connectivity index (χ4n) is 2.19. The van der Waals surface area contributed by atoms with Crippen LogP contribution in [0.15, 0.2) is 16.5 Å². The van der Waals surface area contributed by atoms with Crippen molar-refractivity contribution in [1.29, 1.82) is 0 Å². The second-order valence-electron chi connectivity index (χ2n) is 4.53. The Balaban J connectivity index is 1.94. The topological polar surface area (TPSA) is 53.7 Å². The van der Waals surface area contributed by atoms with Crippen LogP contribution < -0.4 is 4.90 Å². The number of furan rings is 1. The highest BCUT2D eigenvalue weighted by Crippen LogP contribution is 2.22. The first-order valence-corrected chi connectivity index (χ1v) is 6.31. The number of carboxylic acid groups (broad SMARTS) is 1. The van der Waals surface area contributed by atoms with E-state index < -0.39 is 5.97 Å². The number of hydrogen-bond donors (Lipinski definition) is 1. The molecule has 1 fully saturated rings. The minimum Gasteiger partial charge on any atom is -0.481 e. The molecule has 1 saturated heterocycles. The van der Waals surface area contributed by atoms with Crippen molar-refractivity contribution in [2.45, 2.75) is 38.5 Å². The summed E-state index contributed by atoms with van der Waals surface area (Å²) in [6, 6.07) is 3.85. The van der Waals surface area contributed by atoms with Crippen molar-refractivity contribution in [3.63, 3.8) is 0 Å². The summed E-state index contributed by atoms with van der Waals surface area (Å²) in [7, 11) is 0. The highest BCUT2D eigenvalue weighted by molar-refractivity contribution is 5.66. The van der Waals surface area contributed by atoms with Crippen LogP contribution in [0.5, 0.6) is 0 Å². The number of aryl methyl sites for hydroxylation is 1. The smallest absolute Gasteiger partial charge is 0.303 e. The van der Waals surface area contributed by atoms with Crippen LogP contribution in [0, 0.1) is 0 Å². The van der Waals surface area contributed by atoms with E-state index in [1.807, 2.05) is 12.1 Å². The summed E-state index contributed by atoms with van der Waals surface area (Å²) in [5.74, 6) is 0.886. The Hall–Kier alpha value is -1.45. The van der Waals surface area contributed by atoms with Gasteiger partial charge in [-0.05, 0) is 18.9 Å². The van der Waals surface area contributed by atoms with Gasteiger partial charge in [0.15, 0.2) is 5.88 Å². The summed E-state index contributed by atoms with van der Waals surface area (Å²) in [4.78, 5) is 12.7. The summed E-state index contributed by atoms with van der Waals surface area (Å²) in [6.45, 7) is 2.10. The third-order valence-electron chi connectivity index (χ3n) is 3.15. The van der Waals surface area contributed by atoms with Crippen LogP contribution in [-0.2, 0) is 11.2 Å². The zero-order chi connectivity index (χ0) is 12.1. The molecule has 1 aliphatic heterocycles. The number of carbonyl (C=O) groups is 1. The molecule has 0 aromatic carbocycles. The van der Waals surface area contributed by atoms with Crippen molar-refractivity contribution >= 4 is 11.9 Å². The van der Waals surface area contributed by atoms with Gasteiger partial charge in [0.2, 0.25) is 0 Å². The van der Waals surface area contributed by atoms with Gasteiger partial charge >= 0.3 is 5.97 Å². The molecule has 17 heavy (non-hydrogen) atoms. The molecule has 0 amide bonds. The second-order valence-corrected chi connectivity index (χ2v) is 4.53. The summed E-state index contributed by atoms with van der Waals surface area (Å²) in [6.07, 6.45) is 5.62. The van der Waals surface area contributed by atoms with Gasteiger partial charge in [-0.15, -0.1) is 0 Å². The van der Waals surface area contributed by atoms with Gasteiger partial charge in [-0.2, -0.15) is 0 Å². The van der Waals surface area contributed by atoms with Gasteiger partial charge < -0.3 is 14.4 Å². The number of hydrogen-bond acceptors (Lipinski definition) is 3. The number of carboxylic acids is 1. The van der Waals surface area contributed by atoms with Crippen LogP contribution in [0.4, 0.5) is 5.88 Å². The van der Waals surface area contributed by atoms with E-state index in [1.165, 1.54) is 25.7 Å². The highest BCUT2D eigenvalue weighted by Gasteiger charge is 2.13. The fraction of sp³-hybridized carbons (Fsp3) is 0.615. The lowest BCUT2D eigenvalue weighted by Gasteiger charge is -2.18. The number of rotatable bonds is 4. The molecular weight excluding hydrogens is 218 g/mol. The molecule has 0 spiro atoms. The molecule has 0 unspecified atom stereocenters. The highest BCUT2D eigenvalue weighted by atomic mass is 16.4. The van der Waals surface area contributed by atoms with E-state index in [4.69, 9.17) is 9.52 Å². The van der Waals surface area contributed by atoms with Gasteiger partial charge in [0, 0.05) is 25.6 Å². The molecular formula is C13H19NO3. The molecule has 1 aromatic heterocycles. The fourth-order valence-corrected chi connectivity index (χ4v) is 2.19. The van der Waals surface area contributed by atoms with Crippen molar-refractivity contribution in [2.75, 3.05) is 18.0 Å². The maximum absolute atomic E-state index is 10.5. The molecule has 0 bridgehead atoms. The normalized spacial score (nSPS) is 16.8. The van der Waals surface area contributed by atoms with Crippen LogP contribution in [0.25, 0.3) is 0 Å². The van der Waals surface area contributed by atoms with Crippen LogP contribution in [-0.4, -0.2) is 24.2 Å². The minimum absolute atomic E-state index is 0.132. The quantitative estimate of drug-likeness (QED) is 0.874. The van der Waals surface area contributed by atoms with Gasteiger partial charge in [0.25, 0.3) is 0 Å². The predicted octanol–water partition coefficient (Wildman–Crippen LogP) is 2.68. The number of aliphatic carboxylic acids is 1. The van der Waals surface area contributed by atoms with Crippen molar-refractivity contribution < 1.29 is 14.3 Å². The van der Waals surface area contributed by atoms with Gasteiger partial charge in [0.1, 0.15) is 5.76 Å². The molecule has 0 radical (unpaired) electrons. The number of anilines is 1. The van der Waals surface area contributed by atoms with Crippen LogP contribution >= 0.6 is 0 Å². The molecule has 1 N–H and O–H groups in total. The van der Waals surface area contributed by atoms with Crippen molar-refractivity contribution in [1.82, 2.24) is 0 Å². The molecule has 1 aliphatic rings. The molecule has 0 atom stereocenters. The third-order valence-corrected chi connectivity index (χ3v) is 3.15. The van der Waals surface area contributed by atoms with Gasteiger partial charge in [-0.25, -0.2) is 0 Å². The second kappa shape index (κ2) is 5.75. The lowest BCUT2D eigenvalue weighted by molar-refractivity contribution is -0.137. The zero-order valence-corrected chi connectivity index (χ0v) is 10.0. The van der Waals surface area contributed by atoms with E-state index in [-0.39, 0.29) is 6.42 Å². The van der Waals surface area contributed by atoms with Crippen LogP contribution in [0.3, 0.4) is 0 Å². The van der Waals surface area contributed by atoms with Crippen LogP contribution in [0.2, 0.25) is 0 Å². The molecule has 0 aliphatic carbocycles. The minimum atomic E-state index is -0.780. The van der Waals surface area contributed by atoms with E-state index in [0.29, 0.717) is 6.42 Å². The average Bonchev–Trinajstić information content (AvgIpc) is 2.60. The Bertz CT molecular complexity index is 364. The Morgan fingerprint density at radius 2 is 1.94 bits per heavy atom. The molecule has 0 saturated carbocycles.